The molecule has 4 heterocycles. The average Bonchev–Trinajstić information content (AvgIpc) is 3.94. The zero-order valence-corrected chi connectivity index (χ0v) is 31.7. The topological polar surface area (TPSA) is 34.6 Å². The van der Waals surface area contributed by atoms with Crippen LogP contribution in [0.5, 0.6) is 0 Å². The number of hydrogen-bond acceptors (Lipinski definition) is 3. The average molecular weight is 747 g/mol. The van der Waals surface area contributed by atoms with Crippen molar-refractivity contribution >= 4 is 86.7 Å². The molecule has 0 radical (unpaired) electrons. The van der Waals surface area contributed by atoms with Gasteiger partial charge in [-0.15, -0.1) is 11.3 Å². The van der Waals surface area contributed by atoms with Crippen LogP contribution in [0, 0.1) is 0 Å². The second kappa shape index (κ2) is 12.7. The van der Waals surface area contributed by atoms with Crippen LogP contribution in [-0.2, 0) is 0 Å². The highest BCUT2D eigenvalue weighted by atomic mass is 32.1. The molecule has 57 heavy (non-hydrogen) atoms. The van der Waals surface area contributed by atoms with Crippen LogP contribution < -0.4 is 0 Å². The highest BCUT2D eigenvalue weighted by Gasteiger charge is 2.24. The molecule has 1 unspecified atom stereocenters. The lowest BCUT2D eigenvalue weighted by Crippen LogP contribution is -2.17. The third kappa shape index (κ3) is 5.06. The molecule has 1 atom stereocenters. The van der Waals surface area contributed by atoms with Crippen molar-refractivity contribution in [2.45, 2.75) is 12.5 Å². The zero-order chi connectivity index (χ0) is 37.5. The fraction of sp³-hybridized carbons (Fsp3) is 0.0385. The van der Waals surface area contributed by atoms with Gasteiger partial charge in [0.25, 0.3) is 0 Å². The van der Waals surface area contributed by atoms with E-state index in [4.69, 9.17) is 9.98 Å². The lowest BCUT2D eigenvalue weighted by molar-refractivity contribution is 0.753. The molecule has 8 aromatic carbocycles. The maximum Gasteiger partial charge on any atom is 0.155 e. The van der Waals surface area contributed by atoms with Gasteiger partial charge >= 0.3 is 0 Å². The van der Waals surface area contributed by atoms with Crippen molar-refractivity contribution in [3.8, 4) is 11.4 Å². The van der Waals surface area contributed by atoms with E-state index in [1.165, 1.54) is 69.3 Å². The van der Waals surface area contributed by atoms with E-state index in [2.05, 4.69) is 197 Å². The zero-order valence-electron chi connectivity index (χ0n) is 30.9. The smallest absolute Gasteiger partial charge is 0.155 e. The van der Waals surface area contributed by atoms with E-state index in [1.807, 2.05) is 11.3 Å². The number of nitrogens with zero attached hydrogens (tertiary/aromatic N) is 4. The second-order valence-electron chi connectivity index (χ2n) is 14.9. The quantitative estimate of drug-likeness (QED) is 0.168. The van der Waals surface area contributed by atoms with Gasteiger partial charge in [-0.3, -0.25) is 4.99 Å². The van der Waals surface area contributed by atoms with E-state index >= 15 is 0 Å². The van der Waals surface area contributed by atoms with Crippen LogP contribution in [-0.4, -0.2) is 20.7 Å². The second-order valence-corrected chi connectivity index (χ2v) is 16.0. The molecule has 268 valence electrons. The largest absolute Gasteiger partial charge is 0.307 e. The summed E-state index contributed by atoms with van der Waals surface area (Å²) < 4.78 is 7.42. The third-order valence-electron chi connectivity index (χ3n) is 11.7. The van der Waals surface area contributed by atoms with Gasteiger partial charge in [-0.05, 0) is 53.6 Å². The summed E-state index contributed by atoms with van der Waals surface area (Å²) in [4.78, 5) is 10.5. The fourth-order valence-corrected chi connectivity index (χ4v) is 10.2. The highest BCUT2D eigenvalue weighted by molar-refractivity contribution is 7.25. The van der Waals surface area contributed by atoms with Crippen LogP contribution in [0.15, 0.2) is 198 Å². The minimum atomic E-state index is 0.00726. The van der Waals surface area contributed by atoms with Gasteiger partial charge in [-0.2, -0.15) is 0 Å². The van der Waals surface area contributed by atoms with Gasteiger partial charge in [0.1, 0.15) is 0 Å². The van der Waals surface area contributed by atoms with E-state index in [0.717, 1.165) is 40.5 Å². The third-order valence-corrected chi connectivity index (χ3v) is 12.8. The number of fused-ring (bicyclic) bond motifs is 10. The van der Waals surface area contributed by atoms with Gasteiger partial charge < -0.3 is 9.13 Å². The monoisotopic (exact) mass is 746 g/mol. The maximum atomic E-state index is 5.26. The molecule has 0 saturated heterocycles. The summed E-state index contributed by atoms with van der Waals surface area (Å²) in [5.41, 5.74) is 11.6. The molecule has 3 aromatic heterocycles. The number of amidine groups is 1. The lowest BCUT2D eigenvalue weighted by Gasteiger charge is -2.21. The van der Waals surface area contributed by atoms with Gasteiger partial charge in [0, 0.05) is 65.1 Å². The first-order valence-corrected chi connectivity index (χ1v) is 20.3. The number of rotatable bonds is 5. The van der Waals surface area contributed by atoms with Crippen molar-refractivity contribution in [3.05, 3.63) is 205 Å². The summed E-state index contributed by atoms with van der Waals surface area (Å²) in [6.45, 7) is 0. The number of aromatic nitrogens is 2. The van der Waals surface area contributed by atoms with Crippen molar-refractivity contribution < 1.29 is 0 Å². The van der Waals surface area contributed by atoms with Crippen LogP contribution in [0.4, 0.5) is 0 Å². The summed E-state index contributed by atoms with van der Waals surface area (Å²) >= 11 is 1.84. The number of aliphatic imine (C=N–C) groups is 2. The SMILES string of the molecule is c1ccc(C2=NC(c3ccc4c(c3)sc3cc(-n5c6ccccc6c6ccc7c8ccccc8n(-c8ccccc8)c7c65)ccc34)=NC(c3ccccc3)C2)cc1. The number of thiophene rings is 1. The molecule has 0 amide bonds. The molecule has 1 aliphatic heterocycles. The van der Waals surface area contributed by atoms with Crippen LogP contribution >= 0.6 is 11.3 Å². The van der Waals surface area contributed by atoms with Crippen LogP contribution in [0.2, 0.25) is 0 Å². The van der Waals surface area contributed by atoms with Crippen molar-refractivity contribution in [2.24, 2.45) is 9.98 Å². The first-order chi connectivity index (χ1) is 28.3. The van der Waals surface area contributed by atoms with Gasteiger partial charge in [0.2, 0.25) is 0 Å². The van der Waals surface area contributed by atoms with Gasteiger partial charge in [0.05, 0.1) is 33.8 Å². The normalized spacial score (nSPS) is 14.6. The molecule has 4 nitrogen and oxygen atoms in total. The van der Waals surface area contributed by atoms with Crippen LogP contribution in [0.3, 0.4) is 0 Å². The summed E-state index contributed by atoms with van der Waals surface area (Å²) in [7, 11) is 0. The molecule has 5 heteroatoms. The Labute approximate surface area is 332 Å². The Balaban J connectivity index is 1.05. The maximum absolute atomic E-state index is 5.26. The molecule has 0 aliphatic carbocycles. The number of para-hydroxylation sites is 3. The predicted molar refractivity (Wildman–Crippen MR) is 241 cm³/mol. The van der Waals surface area contributed by atoms with E-state index in [1.54, 1.807) is 0 Å². The van der Waals surface area contributed by atoms with Crippen molar-refractivity contribution in [2.75, 3.05) is 0 Å². The molecular formula is C52H34N4S. The summed E-state index contributed by atoms with van der Waals surface area (Å²) in [5, 5.41) is 7.51. The molecule has 0 N–H and O–H groups in total. The molecule has 0 bridgehead atoms. The number of hydrogen-bond donors (Lipinski definition) is 0. The molecule has 0 spiro atoms. The lowest BCUT2D eigenvalue weighted by atomic mass is 9.96. The molecule has 12 rings (SSSR count). The standard InChI is InChI=1S/C52H34N4S/c1-4-14-33(15-5-1)44-32-45(34-16-6-2-7-17-34)54-52(53-44)35-24-26-40-41-27-25-37(31-49(41)57-48(40)30-35)56-47-23-13-11-21-39(47)43-29-28-42-38-20-10-12-22-46(38)55(50(42)51(43)56)36-18-8-3-9-19-36/h1-31,44H,32H2. The Morgan fingerprint density at radius 1 is 0.439 bits per heavy atom. The number of benzene rings is 8. The predicted octanol–water partition coefficient (Wildman–Crippen LogP) is 13.6. The van der Waals surface area contributed by atoms with Crippen molar-refractivity contribution in [3.63, 3.8) is 0 Å². The van der Waals surface area contributed by atoms with E-state index in [-0.39, 0.29) is 6.04 Å². The summed E-state index contributed by atoms with van der Waals surface area (Å²) in [6.07, 6.45) is 0.770. The van der Waals surface area contributed by atoms with Crippen LogP contribution in [0.1, 0.15) is 29.2 Å². The molecule has 1 aliphatic rings. The molecular weight excluding hydrogens is 713 g/mol. The molecule has 0 fully saturated rings. The summed E-state index contributed by atoms with van der Waals surface area (Å²) in [6, 6.07) is 67.9. The van der Waals surface area contributed by atoms with E-state index in [9.17, 15) is 0 Å². The van der Waals surface area contributed by atoms with Gasteiger partial charge in [0.15, 0.2) is 5.84 Å². The van der Waals surface area contributed by atoms with Crippen molar-refractivity contribution in [1.29, 1.82) is 0 Å². The minimum absolute atomic E-state index is 0.00726. The van der Waals surface area contributed by atoms with Crippen molar-refractivity contribution in [1.82, 2.24) is 9.13 Å². The Hall–Kier alpha value is -7.08. The molecule has 0 saturated carbocycles. The highest BCUT2D eigenvalue weighted by Crippen LogP contribution is 2.43. The Kier molecular flexibility index (Phi) is 7.19. The fourth-order valence-electron chi connectivity index (χ4n) is 9.06. The van der Waals surface area contributed by atoms with Crippen LogP contribution in [0.25, 0.3) is 75.2 Å². The minimum Gasteiger partial charge on any atom is -0.307 e. The first-order valence-electron chi connectivity index (χ1n) is 19.5. The summed E-state index contributed by atoms with van der Waals surface area (Å²) in [5.74, 6) is 0.789. The Morgan fingerprint density at radius 2 is 0.982 bits per heavy atom. The Bertz CT molecular complexity index is 3420. The van der Waals surface area contributed by atoms with Gasteiger partial charge in [-0.25, -0.2) is 4.99 Å². The van der Waals surface area contributed by atoms with E-state index in [0.29, 0.717) is 0 Å². The Morgan fingerprint density at radius 3 is 1.67 bits per heavy atom. The van der Waals surface area contributed by atoms with E-state index < -0.39 is 0 Å². The molecule has 11 aromatic rings. The first kappa shape index (κ1) is 32.2. The van der Waals surface area contributed by atoms with Gasteiger partial charge in [-0.1, -0.05) is 146 Å².